The van der Waals surface area contributed by atoms with Crippen LogP contribution in [0.1, 0.15) is 140 Å². The van der Waals surface area contributed by atoms with Crippen molar-refractivity contribution < 1.29 is 17.1 Å². The standard InChI is InChI=1S/C31H51P2.C5H5.Fe/c32-30(24-14-5-1-6-15-24,25-16-7-2-8-17-25)28-22-13-23-29(28)31(33,26-18-9-3-10-19-26)27-20-11-4-12-21-27;1-2-4-5-3-1;/h13,22-27H,1-12,14-21,32-33H2;1-5H;/q-1;-5;. The van der Waals surface area contributed by atoms with Crippen LogP contribution in [0.15, 0.2) is 48.5 Å². The summed E-state index contributed by atoms with van der Waals surface area (Å²) in [7, 11) is 7.23. The van der Waals surface area contributed by atoms with Gasteiger partial charge in [0.15, 0.2) is 0 Å². The van der Waals surface area contributed by atoms with E-state index in [4.69, 9.17) is 0 Å². The molecule has 4 aliphatic rings. The molecular weight excluding hydrogens is 550 g/mol. The fraction of sp³-hybridized carbons (Fsp3) is 0.722. The van der Waals surface area contributed by atoms with Gasteiger partial charge in [0.2, 0.25) is 0 Å². The summed E-state index contributed by atoms with van der Waals surface area (Å²) < 4.78 is 0. The van der Waals surface area contributed by atoms with Gasteiger partial charge >= 0.3 is 0 Å². The number of hydrogen-bond acceptors (Lipinski definition) is 0. The average molecular weight is 607 g/mol. The molecule has 2 unspecified atom stereocenters. The second-order valence-electron chi connectivity index (χ2n) is 13.5. The van der Waals surface area contributed by atoms with E-state index in [0.717, 1.165) is 23.7 Å². The zero-order valence-electron chi connectivity index (χ0n) is 24.6. The molecule has 6 rings (SSSR count). The largest absolute Gasteiger partial charge is 0.748 e. The van der Waals surface area contributed by atoms with E-state index in [1.807, 2.05) is 30.3 Å². The molecule has 2 aromatic carbocycles. The topological polar surface area (TPSA) is 0 Å². The predicted molar refractivity (Wildman–Crippen MR) is 173 cm³/mol. The van der Waals surface area contributed by atoms with Gasteiger partial charge in [0.1, 0.15) is 0 Å². The normalized spacial score (nSPS) is 23.0. The maximum Gasteiger partial charge on any atom is 0 e. The van der Waals surface area contributed by atoms with Crippen LogP contribution in [0.3, 0.4) is 0 Å². The molecule has 0 aromatic heterocycles. The third-order valence-electron chi connectivity index (χ3n) is 11.4. The molecule has 2 atom stereocenters. The first-order chi connectivity index (χ1) is 18.6. The fourth-order valence-corrected chi connectivity index (χ4v) is 11.2. The molecule has 224 valence electrons. The Morgan fingerprint density at radius 2 is 0.872 bits per heavy atom. The molecule has 3 heteroatoms. The summed E-state index contributed by atoms with van der Waals surface area (Å²) >= 11 is 0. The van der Waals surface area contributed by atoms with Gasteiger partial charge in [-0.2, -0.15) is 11.6 Å². The first kappa shape index (κ1) is 32.0. The zero-order chi connectivity index (χ0) is 26.3. The van der Waals surface area contributed by atoms with Crippen molar-refractivity contribution in [1.82, 2.24) is 0 Å². The molecule has 4 saturated carbocycles. The quantitative estimate of drug-likeness (QED) is 0.174. The maximum atomic E-state index is 3.62. The molecule has 4 aliphatic carbocycles. The summed E-state index contributed by atoms with van der Waals surface area (Å²) in [5, 5.41) is 0.621. The third kappa shape index (κ3) is 7.18. The molecule has 0 nitrogen and oxygen atoms in total. The molecule has 0 saturated heterocycles. The van der Waals surface area contributed by atoms with Gasteiger partial charge in [-0.1, -0.05) is 103 Å². The SMILES string of the molecule is PC(c1ccc[c-]1C(P)(C1CCCCC1)C1CCCCC1)(C1CCCCC1)C1CCCCC1.[Fe].[cH-]1[cH-][cH-][cH-][cH-]1. The Bertz CT molecular complexity index is 792. The Balaban J connectivity index is 0.000000530. The van der Waals surface area contributed by atoms with Gasteiger partial charge in [0, 0.05) is 17.1 Å². The van der Waals surface area contributed by atoms with Crippen LogP contribution in [-0.4, -0.2) is 0 Å². The van der Waals surface area contributed by atoms with Crippen LogP contribution in [0.4, 0.5) is 0 Å². The first-order valence-corrected chi connectivity index (χ1v) is 17.8. The van der Waals surface area contributed by atoms with Crippen LogP contribution >= 0.6 is 18.5 Å². The Morgan fingerprint density at radius 3 is 1.23 bits per heavy atom. The molecule has 0 aliphatic heterocycles. The smallest absolute Gasteiger partial charge is 0 e. The van der Waals surface area contributed by atoms with Crippen molar-refractivity contribution in [2.45, 2.75) is 139 Å². The number of rotatable bonds is 6. The number of hydrogen-bond donors (Lipinski definition) is 0. The monoisotopic (exact) mass is 606 g/mol. The Morgan fingerprint density at radius 1 is 0.538 bits per heavy atom. The Hall–Kier alpha value is 0.0795. The van der Waals surface area contributed by atoms with Gasteiger partial charge in [-0.3, -0.25) is 0 Å². The van der Waals surface area contributed by atoms with Crippen LogP contribution in [0.25, 0.3) is 0 Å². The zero-order valence-corrected chi connectivity index (χ0v) is 28.0. The van der Waals surface area contributed by atoms with Crippen molar-refractivity contribution in [3.05, 3.63) is 59.7 Å². The summed E-state index contributed by atoms with van der Waals surface area (Å²) in [5.74, 6) is 3.47. The van der Waals surface area contributed by atoms with Crippen molar-refractivity contribution >= 4 is 18.5 Å². The molecule has 0 amide bonds. The van der Waals surface area contributed by atoms with E-state index in [1.54, 1.807) is 11.1 Å². The minimum atomic E-state index is 0. The molecule has 0 N–H and O–H groups in total. The average Bonchev–Trinajstić information content (AvgIpc) is 3.75. The van der Waals surface area contributed by atoms with Gasteiger partial charge in [-0.05, 0) is 59.7 Å². The summed E-state index contributed by atoms with van der Waals surface area (Å²) in [6.07, 6.45) is 29.2. The summed E-state index contributed by atoms with van der Waals surface area (Å²) in [5.41, 5.74) is 3.58. The minimum Gasteiger partial charge on any atom is -0.748 e. The van der Waals surface area contributed by atoms with E-state index < -0.39 is 0 Å². The molecule has 0 spiro atoms. The van der Waals surface area contributed by atoms with Gasteiger partial charge in [0.25, 0.3) is 0 Å². The van der Waals surface area contributed by atoms with Crippen molar-refractivity contribution in [2.75, 3.05) is 0 Å². The Kier molecular flexibility index (Phi) is 12.7. The van der Waals surface area contributed by atoms with Gasteiger partial charge in [0.05, 0.1) is 0 Å². The van der Waals surface area contributed by atoms with Gasteiger partial charge in [-0.25, -0.2) is 12.1 Å². The predicted octanol–water partition coefficient (Wildman–Crippen LogP) is 11.3. The van der Waals surface area contributed by atoms with Crippen LogP contribution in [-0.2, 0) is 27.4 Å². The summed E-state index contributed by atoms with van der Waals surface area (Å²) in [6, 6.07) is 17.7. The van der Waals surface area contributed by atoms with Gasteiger partial charge < -0.3 is 30.3 Å². The van der Waals surface area contributed by atoms with Gasteiger partial charge in [-0.15, -0.1) is 24.0 Å². The van der Waals surface area contributed by atoms with Crippen LogP contribution < -0.4 is 0 Å². The summed E-state index contributed by atoms with van der Waals surface area (Å²) in [4.78, 5) is 0. The summed E-state index contributed by atoms with van der Waals surface area (Å²) in [6.45, 7) is 0. The molecule has 0 bridgehead atoms. The van der Waals surface area contributed by atoms with Crippen LogP contribution in [0.2, 0.25) is 0 Å². The first-order valence-electron chi connectivity index (χ1n) is 16.7. The van der Waals surface area contributed by atoms with E-state index in [9.17, 15) is 0 Å². The van der Waals surface area contributed by atoms with Crippen molar-refractivity contribution in [1.29, 1.82) is 0 Å². The van der Waals surface area contributed by atoms with E-state index in [0.29, 0.717) is 10.3 Å². The second-order valence-corrected chi connectivity index (χ2v) is 15.4. The third-order valence-corrected chi connectivity index (χ3v) is 13.9. The van der Waals surface area contributed by atoms with E-state index in [-0.39, 0.29) is 17.1 Å². The molecule has 2 aromatic rings. The molecular formula is C36H56FeP2-6. The second kappa shape index (κ2) is 15.5. The molecule has 0 heterocycles. The van der Waals surface area contributed by atoms with E-state index in [1.165, 1.54) is 128 Å². The Labute approximate surface area is 256 Å². The molecule has 4 fully saturated rings. The van der Waals surface area contributed by atoms with Crippen LogP contribution in [0, 0.1) is 23.7 Å². The van der Waals surface area contributed by atoms with Crippen molar-refractivity contribution in [3.8, 4) is 0 Å². The minimum absolute atomic E-state index is 0. The van der Waals surface area contributed by atoms with Crippen LogP contribution in [0.5, 0.6) is 0 Å². The van der Waals surface area contributed by atoms with Crippen molar-refractivity contribution in [3.63, 3.8) is 0 Å². The molecule has 39 heavy (non-hydrogen) atoms. The molecule has 0 radical (unpaired) electrons. The van der Waals surface area contributed by atoms with Crippen molar-refractivity contribution in [2.24, 2.45) is 23.7 Å². The fourth-order valence-electron chi connectivity index (χ4n) is 9.36. The maximum absolute atomic E-state index is 3.62. The van der Waals surface area contributed by atoms with E-state index >= 15 is 0 Å². The van der Waals surface area contributed by atoms with E-state index in [2.05, 4.69) is 36.7 Å².